The predicted molar refractivity (Wildman–Crippen MR) is 78.7 cm³/mol. The van der Waals surface area contributed by atoms with E-state index in [0.29, 0.717) is 18.5 Å². The molecule has 114 valence electrons. The Labute approximate surface area is 124 Å². The quantitative estimate of drug-likeness (QED) is 0.856. The Balaban J connectivity index is 1.70. The van der Waals surface area contributed by atoms with Gasteiger partial charge >= 0.3 is 0 Å². The predicted octanol–water partition coefficient (Wildman–Crippen LogP) is 3.72. The Hall–Kier alpha value is -1.58. The highest BCUT2D eigenvalue weighted by atomic mass is 19.1. The molecule has 1 spiro atoms. The zero-order chi connectivity index (χ0) is 14.9. The van der Waals surface area contributed by atoms with Crippen molar-refractivity contribution >= 4 is 5.91 Å². The number of phenols is 1. The van der Waals surface area contributed by atoms with Gasteiger partial charge in [-0.3, -0.25) is 4.79 Å². The van der Waals surface area contributed by atoms with Crippen molar-refractivity contribution in [3.05, 3.63) is 29.6 Å². The summed E-state index contributed by atoms with van der Waals surface area (Å²) in [6.07, 6.45) is 8.46. The molecule has 3 rings (SSSR count). The van der Waals surface area contributed by atoms with Crippen molar-refractivity contribution in [1.29, 1.82) is 0 Å². The minimum absolute atomic E-state index is 0.183. The molecule has 1 aromatic carbocycles. The first kappa shape index (κ1) is 14.4. The lowest BCUT2D eigenvalue weighted by Gasteiger charge is -2.44. The van der Waals surface area contributed by atoms with E-state index in [1.165, 1.54) is 50.3 Å². The van der Waals surface area contributed by atoms with Crippen molar-refractivity contribution in [2.45, 2.75) is 44.9 Å². The van der Waals surface area contributed by atoms with Gasteiger partial charge in [0.2, 0.25) is 0 Å². The van der Waals surface area contributed by atoms with Crippen LogP contribution in [0.3, 0.4) is 0 Å². The van der Waals surface area contributed by atoms with E-state index in [4.69, 9.17) is 0 Å². The van der Waals surface area contributed by atoms with Crippen molar-refractivity contribution in [2.24, 2.45) is 5.41 Å². The van der Waals surface area contributed by atoms with Crippen molar-refractivity contribution < 1.29 is 14.3 Å². The molecule has 0 radical (unpaired) electrons. The highest BCUT2D eigenvalue weighted by Crippen LogP contribution is 2.44. The number of piperidine rings is 1. The standard InChI is InChI=1S/C17H22FNO2/c18-13-5-4-6-14(20)15(13)16(21)19-11-9-17(10-12-19)7-2-1-3-8-17/h4-6,20H,1-3,7-12H2. The summed E-state index contributed by atoms with van der Waals surface area (Å²) < 4.78 is 13.8. The topological polar surface area (TPSA) is 40.5 Å². The number of likely N-dealkylation sites (tertiary alicyclic amines) is 1. The number of aromatic hydroxyl groups is 1. The molecular formula is C17H22FNO2. The molecule has 0 bridgehead atoms. The van der Waals surface area contributed by atoms with Gasteiger partial charge in [0.1, 0.15) is 17.1 Å². The normalized spacial score (nSPS) is 21.5. The number of nitrogens with zero attached hydrogens (tertiary/aromatic N) is 1. The number of carbonyl (C=O) groups is 1. The molecule has 1 saturated carbocycles. The molecule has 0 aromatic heterocycles. The first-order valence-electron chi connectivity index (χ1n) is 7.88. The van der Waals surface area contributed by atoms with Crippen LogP contribution in [-0.2, 0) is 0 Å². The Morgan fingerprint density at radius 1 is 1.10 bits per heavy atom. The van der Waals surface area contributed by atoms with Crippen LogP contribution < -0.4 is 0 Å². The number of benzene rings is 1. The summed E-state index contributed by atoms with van der Waals surface area (Å²) in [7, 11) is 0. The SMILES string of the molecule is O=C(c1c(O)cccc1F)N1CCC2(CCCCC2)CC1. The molecule has 1 heterocycles. The number of halogens is 1. The number of phenolic OH excluding ortho intramolecular Hbond substituents is 1. The van der Waals surface area contributed by atoms with E-state index in [1.807, 2.05) is 0 Å². The van der Waals surface area contributed by atoms with Crippen LogP contribution in [0.25, 0.3) is 0 Å². The van der Waals surface area contributed by atoms with Crippen molar-refractivity contribution in [3.8, 4) is 5.75 Å². The summed E-state index contributed by atoms with van der Waals surface area (Å²) in [6, 6.07) is 4.00. The Bertz CT molecular complexity index is 507. The summed E-state index contributed by atoms with van der Waals surface area (Å²) in [6.45, 7) is 1.35. The molecule has 2 aliphatic rings. The molecule has 21 heavy (non-hydrogen) atoms. The Morgan fingerprint density at radius 2 is 1.76 bits per heavy atom. The molecule has 4 heteroatoms. The van der Waals surface area contributed by atoms with Crippen molar-refractivity contribution in [1.82, 2.24) is 4.90 Å². The minimum Gasteiger partial charge on any atom is -0.507 e. The molecule has 0 unspecified atom stereocenters. The third-order valence-electron chi connectivity index (χ3n) is 5.23. The van der Waals surface area contributed by atoms with Gasteiger partial charge in [-0.15, -0.1) is 0 Å². The number of amides is 1. The molecule has 2 fully saturated rings. The zero-order valence-corrected chi connectivity index (χ0v) is 12.3. The summed E-state index contributed by atoms with van der Waals surface area (Å²) in [5.41, 5.74) is 0.226. The summed E-state index contributed by atoms with van der Waals surface area (Å²) in [5, 5.41) is 9.75. The molecule has 1 saturated heterocycles. The maximum atomic E-state index is 13.8. The Kier molecular flexibility index (Phi) is 3.87. The van der Waals surface area contributed by atoms with Crippen LogP contribution in [0.1, 0.15) is 55.3 Å². The average Bonchev–Trinajstić information content (AvgIpc) is 2.48. The number of hydrogen-bond acceptors (Lipinski definition) is 2. The zero-order valence-electron chi connectivity index (χ0n) is 12.3. The first-order valence-corrected chi connectivity index (χ1v) is 7.88. The molecule has 1 aliphatic heterocycles. The second-order valence-electron chi connectivity index (χ2n) is 6.49. The van der Waals surface area contributed by atoms with Gasteiger partial charge in [0, 0.05) is 13.1 Å². The minimum atomic E-state index is -0.641. The van der Waals surface area contributed by atoms with Gasteiger partial charge in [-0.05, 0) is 43.2 Å². The molecule has 3 nitrogen and oxygen atoms in total. The maximum absolute atomic E-state index is 13.8. The molecule has 1 aliphatic carbocycles. The van der Waals surface area contributed by atoms with E-state index in [0.717, 1.165) is 12.8 Å². The molecule has 1 aromatic rings. The largest absolute Gasteiger partial charge is 0.507 e. The average molecular weight is 291 g/mol. The lowest BCUT2D eigenvalue weighted by Crippen LogP contribution is -2.44. The number of rotatable bonds is 1. The van der Waals surface area contributed by atoms with E-state index in [-0.39, 0.29) is 17.2 Å². The van der Waals surface area contributed by atoms with E-state index < -0.39 is 5.82 Å². The van der Waals surface area contributed by atoms with Gasteiger partial charge in [0.25, 0.3) is 5.91 Å². The van der Waals surface area contributed by atoms with Crippen LogP contribution in [0.15, 0.2) is 18.2 Å². The summed E-state index contributed by atoms with van der Waals surface area (Å²) in [5.74, 6) is -1.29. The lowest BCUT2D eigenvalue weighted by atomic mass is 9.68. The third-order valence-corrected chi connectivity index (χ3v) is 5.23. The molecule has 1 amide bonds. The van der Waals surface area contributed by atoms with Gasteiger partial charge in [-0.2, -0.15) is 0 Å². The smallest absolute Gasteiger partial charge is 0.260 e. The third kappa shape index (κ3) is 2.76. The van der Waals surface area contributed by atoms with Crippen LogP contribution in [0.2, 0.25) is 0 Å². The monoisotopic (exact) mass is 291 g/mol. The molecule has 0 atom stereocenters. The van der Waals surface area contributed by atoms with Gasteiger partial charge < -0.3 is 10.0 Å². The van der Waals surface area contributed by atoms with Crippen LogP contribution in [0, 0.1) is 11.2 Å². The second kappa shape index (κ2) is 5.66. The molecular weight excluding hydrogens is 269 g/mol. The van der Waals surface area contributed by atoms with Gasteiger partial charge in [-0.25, -0.2) is 4.39 Å². The fourth-order valence-electron chi connectivity index (χ4n) is 3.87. The van der Waals surface area contributed by atoms with Crippen LogP contribution in [0.5, 0.6) is 5.75 Å². The summed E-state index contributed by atoms with van der Waals surface area (Å²) >= 11 is 0. The fourth-order valence-corrected chi connectivity index (χ4v) is 3.87. The number of hydrogen-bond donors (Lipinski definition) is 1. The van der Waals surface area contributed by atoms with Crippen molar-refractivity contribution in [2.75, 3.05) is 13.1 Å². The number of carbonyl (C=O) groups excluding carboxylic acids is 1. The van der Waals surface area contributed by atoms with Crippen molar-refractivity contribution in [3.63, 3.8) is 0 Å². The van der Waals surface area contributed by atoms with Gasteiger partial charge in [-0.1, -0.05) is 25.3 Å². The maximum Gasteiger partial charge on any atom is 0.260 e. The van der Waals surface area contributed by atoms with E-state index >= 15 is 0 Å². The van der Waals surface area contributed by atoms with E-state index in [1.54, 1.807) is 4.90 Å². The Morgan fingerprint density at radius 3 is 2.38 bits per heavy atom. The lowest BCUT2D eigenvalue weighted by molar-refractivity contribution is 0.0466. The summed E-state index contributed by atoms with van der Waals surface area (Å²) in [4.78, 5) is 14.1. The molecule has 1 N–H and O–H groups in total. The van der Waals surface area contributed by atoms with E-state index in [9.17, 15) is 14.3 Å². The highest BCUT2D eigenvalue weighted by molar-refractivity contribution is 5.97. The first-order chi connectivity index (χ1) is 10.1. The fraction of sp³-hybridized carbons (Fsp3) is 0.588. The van der Waals surface area contributed by atoms with Gasteiger partial charge in [0.05, 0.1) is 0 Å². The highest BCUT2D eigenvalue weighted by Gasteiger charge is 2.37. The van der Waals surface area contributed by atoms with E-state index in [2.05, 4.69) is 0 Å². The van der Waals surface area contributed by atoms with Crippen LogP contribution in [0.4, 0.5) is 4.39 Å². The van der Waals surface area contributed by atoms with Crippen LogP contribution >= 0.6 is 0 Å². The second-order valence-corrected chi connectivity index (χ2v) is 6.49. The van der Waals surface area contributed by atoms with Crippen LogP contribution in [-0.4, -0.2) is 29.0 Å². The van der Waals surface area contributed by atoms with Gasteiger partial charge in [0.15, 0.2) is 0 Å².